The van der Waals surface area contributed by atoms with E-state index in [1.165, 1.54) is 5.56 Å². The summed E-state index contributed by atoms with van der Waals surface area (Å²) in [6.07, 6.45) is 1.73. The van der Waals surface area contributed by atoms with Crippen LogP contribution in [0.15, 0.2) is 28.9 Å². The Morgan fingerprint density at radius 2 is 2.07 bits per heavy atom. The summed E-state index contributed by atoms with van der Waals surface area (Å²) < 4.78 is 1.06. The number of rotatable bonds is 1. The van der Waals surface area contributed by atoms with Crippen LogP contribution in [-0.2, 0) is 0 Å². The molecule has 0 fully saturated rings. The van der Waals surface area contributed by atoms with Gasteiger partial charge in [-0.3, -0.25) is 4.98 Å². The highest BCUT2D eigenvalue weighted by molar-refractivity contribution is 9.10. The Morgan fingerprint density at radius 1 is 1.33 bits per heavy atom. The van der Waals surface area contributed by atoms with Gasteiger partial charge in [0, 0.05) is 16.1 Å². The lowest BCUT2D eigenvalue weighted by Crippen LogP contribution is -1.93. The van der Waals surface area contributed by atoms with E-state index < -0.39 is 0 Å². The van der Waals surface area contributed by atoms with Crippen LogP contribution in [0.1, 0.15) is 25.3 Å². The van der Waals surface area contributed by atoms with E-state index in [1.54, 1.807) is 6.20 Å². The Kier molecular flexibility index (Phi) is 2.98. The zero-order valence-corrected chi connectivity index (χ0v) is 10.9. The van der Waals surface area contributed by atoms with Crippen molar-refractivity contribution in [3.05, 3.63) is 39.5 Å². The van der Waals surface area contributed by atoms with Crippen molar-refractivity contribution in [1.82, 2.24) is 4.98 Å². The van der Waals surface area contributed by atoms with Gasteiger partial charge in [-0.25, -0.2) is 0 Å². The lowest BCUT2D eigenvalue weighted by atomic mass is 9.99. The molecule has 0 amide bonds. The molecule has 0 radical (unpaired) electrons. The summed E-state index contributed by atoms with van der Waals surface area (Å²) in [7, 11) is 0. The number of hydrogen-bond donors (Lipinski definition) is 0. The standard InChI is InChI=1S/C12H11BrClN/c1-7(2)12-9-5-8(13)3-4-11(9)15-6-10(12)14/h3-7H,1-2H3. The number of benzene rings is 1. The molecule has 0 aliphatic heterocycles. The Hall–Kier alpha value is -0.600. The molecule has 0 spiro atoms. The normalized spacial score (nSPS) is 11.3. The first-order valence-corrected chi connectivity index (χ1v) is 6.00. The molecule has 0 unspecified atom stereocenters. The molecule has 1 aromatic heterocycles. The third-order valence-electron chi connectivity index (χ3n) is 2.40. The third kappa shape index (κ3) is 2.01. The monoisotopic (exact) mass is 283 g/mol. The van der Waals surface area contributed by atoms with Crippen molar-refractivity contribution in [2.75, 3.05) is 0 Å². The minimum atomic E-state index is 0.400. The maximum Gasteiger partial charge on any atom is 0.0706 e. The van der Waals surface area contributed by atoms with Crippen LogP contribution in [-0.4, -0.2) is 4.98 Å². The molecule has 2 rings (SSSR count). The number of hydrogen-bond acceptors (Lipinski definition) is 1. The van der Waals surface area contributed by atoms with Crippen LogP contribution in [0.25, 0.3) is 10.9 Å². The van der Waals surface area contributed by atoms with E-state index in [0.29, 0.717) is 5.92 Å². The average molecular weight is 285 g/mol. The molecular formula is C12H11BrClN. The van der Waals surface area contributed by atoms with E-state index in [0.717, 1.165) is 20.4 Å². The van der Waals surface area contributed by atoms with E-state index in [-0.39, 0.29) is 0 Å². The maximum absolute atomic E-state index is 6.17. The molecule has 78 valence electrons. The van der Waals surface area contributed by atoms with Gasteiger partial charge >= 0.3 is 0 Å². The summed E-state index contributed by atoms with van der Waals surface area (Å²) in [6.45, 7) is 4.28. The number of halogens is 2. The van der Waals surface area contributed by atoms with E-state index in [9.17, 15) is 0 Å². The zero-order valence-electron chi connectivity index (χ0n) is 8.59. The van der Waals surface area contributed by atoms with Crippen LogP contribution in [0.5, 0.6) is 0 Å². The lowest BCUT2D eigenvalue weighted by Gasteiger charge is -2.11. The SMILES string of the molecule is CC(C)c1c(Cl)cnc2ccc(Br)cc12. The Bertz CT molecular complexity index is 503. The van der Waals surface area contributed by atoms with Crippen LogP contribution >= 0.6 is 27.5 Å². The van der Waals surface area contributed by atoms with Gasteiger partial charge < -0.3 is 0 Å². The van der Waals surface area contributed by atoms with Crippen LogP contribution in [0, 0.1) is 0 Å². The first-order valence-electron chi connectivity index (χ1n) is 4.83. The Balaban J connectivity index is 2.84. The van der Waals surface area contributed by atoms with Crippen molar-refractivity contribution in [2.45, 2.75) is 19.8 Å². The fourth-order valence-electron chi connectivity index (χ4n) is 1.75. The highest BCUT2D eigenvalue weighted by Crippen LogP contribution is 2.32. The molecule has 0 saturated carbocycles. The van der Waals surface area contributed by atoms with E-state index in [2.05, 4.69) is 40.8 Å². The second kappa shape index (κ2) is 4.11. The summed E-state index contributed by atoms with van der Waals surface area (Å²) in [4.78, 5) is 4.31. The molecule has 0 atom stereocenters. The largest absolute Gasteiger partial charge is 0.255 e. The van der Waals surface area contributed by atoms with Gasteiger partial charge in [-0.05, 0) is 29.7 Å². The molecule has 15 heavy (non-hydrogen) atoms. The van der Waals surface area contributed by atoms with Crippen LogP contribution in [0.4, 0.5) is 0 Å². The van der Waals surface area contributed by atoms with Gasteiger partial charge in [0.1, 0.15) is 0 Å². The Morgan fingerprint density at radius 3 is 2.73 bits per heavy atom. The maximum atomic E-state index is 6.17. The second-order valence-corrected chi connectivity index (χ2v) is 5.16. The van der Waals surface area contributed by atoms with Gasteiger partial charge in [0.15, 0.2) is 0 Å². The summed E-state index contributed by atoms with van der Waals surface area (Å²) in [5.74, 6) is 0.400. The van der Waals surface area contributed by atoms with Crippen LogP contribution in [0.2, 0.25) is 5.02 Å². The van der Waals surface area contributed by atoms with Gasteiger partial charge in [0.2, 0.25) is 0 Å². The molecule has 1 aromatic carbocycles. The first-order chi connectivity index (χ1) is 7.09. The Labute approximate surface area is 103 Å². The van der Waals surface area contributed by atoms with Crippen molar-refractivity contribution >= 4 is 38.4 Å². The van der Waals surface area contributed by atoms with Crippen molar-refractivity contribution in [2.24, 2.45) is 0 Å². The van der Waals surface area contributed by atoms with Crippen LogP contribution in [0.3, 0.4) is 0 Å². The fraction of sp³-hybridized carbons (Fsp3) is 0.250. The second-order valence-electron chi connectivity index (χ2n) is 3.84. The lowest BCUT2D eigenvalue weighted by molar-refractivity contribution is 0.874. The molecule has 0 saturated heterocycles. The third-order valence-corrected chi connectivity index (χ3v) is 3.19. The van der Waals surface area contributed by atoms with Gasteiger partial charge in [-0.1, -0.05) is 41.4 Å². The van der Waals surface area contributed by atoms with Crippen molar-refractivity contribution < 1.29 is 0 Å². The summed E-state index contributed by atoms with van der Waals surface area (Å²) in [5.41, 5.74) is 2.16. The van der Waals surface area contributed by atoms with Gasteiger partial charge in [-0.2, -0.15) is 0 Å². The number of pyridine rings is 1. The van der Waals surface area contributed by atoms with Gasteiger partial charge in [-0.15, -0.1) is 0 Å². The summed E-state index contributed by atoms with van der Waals surface area (Å²) in [5, 5.41) is 1.88. The van der Waals surface area contributed by atoms with Gasteiger partial charge in [0.25, 0.3) is 0 Å². The van der Waals surface area contributed by atoms with Crippen molar-refractivity contribution in [3.63, 3.8) is 0 Å². The van der Waals surface area contributed by atoms with Crippen molar-refractivity contribution in [1.29, 1.82) is 0 Å². The minimum Gasteiger partial charge on any atom is -0.255 e. The molecular weight excluding hydrogens is 273 g/mol. The number of fused-ring (bicyclic) bond motifs is 1. The summed E-state index contributed by atoms with van der Waals surface area (Å²) in [6, 6.07) is 6.07. The quantitative estimate of drug-likeness (QED) is 0.735. The molecule has 2 aromatic rings. The molecule has 0 aliphatic carbocycles. The smallest absolute Gasteiger partial charge is 0.0706 e. The number of aromatic nitrogens is 1. The fourth-order valence-corrected chi connectivity index (χ4v) is 2.48. The molecule has 0 aliphatic rings. The predicted molar refractivity (Wildman–Crippen MR) is 68.5 cm³/mol. The van der Waals surface area contributed by atoms with Gasteiger partial charge in [0.05, 0.1) is 10.5 Å². The predicted octanol–water partition coefficient (Wildman–Crippen LogP) is 4.77. The summed E-state index contributed by atoms with van der Waals surface area (Å²) >= 11 is 9.64. The average Bonchev–Trinajstić information content (AvgIpc) is 2.16. The van der Waals surface area contributed by atoms with E-state index >= 15 is 0 Å². The molecule has 1 nitrogen and oxygen atoms in total. The highest BCUT2D eigenvalue weighted by atomic mass is 79.9. The molecule has 3 heteroatoms. The van der Waals surface area contributed by atoms with Crippen LogP contribution < -0.4 is 0 Å². The minimum absolute atomic E-state index is 0.400. The van der Waals surface area contributed by atoms with Crippen molar-refractivity contribution in [3.8, 4) is 0 Å². The highest BCUT2D eigenvalue weighted by Gasteiger charge is 2.10. The molecule has 0 bridgehead atoms. The van der Waals surface area contributed by atoms with E-state index in [4.69, 9.17) is 11.6 Å². The topological polar surface area (TPSA) is 12.9 Å². The molecule has 0 N–H and O–H groups in total. The first kappa shape index (κ1) is 10.9. The van der Waals surface area contributed by atoms with E-state index in [1.807, 2.05) is 12.1 Å². The number of nitrogens with zero attached hydrogens (tertiary/aromatic N) is 1. The molecule has 1 heterocycles. The zero-order chi connectivity index (χ0) is 11.0.